The SMILES string of the molecule is Cc1nc2c(=O)n(CC(=O)Nc3ccccc3C(F)(F)F)nc(-c3ccc(F)cc3)c2s1. The number of halogens is 4. The van der Waals surface area contributed by atoms with E-state index in [1.165, 1.54) is 47.7 Å². The first kappa shape index (κ1) is 21.6. The van der Waals surface area contributed by atoms with Crippen molar-refractivity contribution in [2.45, 2.75) is 19.6 Å². The van der Waals surface area contributed by atoms with E-state index in [9.17, 15) is 27.2 Å². The van der Waals surface area contributed by atoms with Gasteiger partial charge in [0.1, 0.15) is 18.1 Å². The maximum Gasteiger partial charge on any atom is 0.418 e. The standard InChI is InChI=1S/C21H14F4N4O2S/c1-11-26-18-19(32-11)17(12-6-8-13(22)9-7-12)28-29(20(18)31)10-16(30)27-15-5-3-2-4-14(15)21(23,24)25/h2-9H,10H2,1H3,(H,27,30). The first-order chi connectivity index (χ1) is 15.1. The van der Waals surface area contributed by atoms with Crippen LogP contribution in [0.1, 0.15) is 10.6 Å². The third-order valence-electron chi connectivity index (χ3n) is 4.52. The Balaban J connectivity index is 1.73. The molecule has 2 aromatic heterocycles. The van der Waals surface area contributed by atoms with E-state index in [0.29, 0.717) is 21.0 Å². The van der Waals surface area contributed by atoms with Crippen LogP contribution in [0.4, 0.5) is 23.2 Å². The summed E-state index contributed by atoms with van der Waals surface area (Å²) in [7, 11) is 0. The maximum absolute atomic E-state index is 13.3. The Bertz CT molecular complexity index is 1380. The summed E-state index contributed by atoms with van der Waals surface area (Å²) in [6, 6.07) is 9.93. The molecule has 0 aliphatic carbocycles. The van der Waals surface area contributed by atoms with Gasteiger partial charge in [0.05, 0.1) is 21.0 Å². The second kappa shape index (κ2) is 8.15. The number of carbonyl (C=O) groups is 1. The number of hydrogen-bond acceptors (Lipinski definition) is 5. The Morgan fingerprint density at radius 2 is 1.81 bits per heavy atom. The van der Waals surface area contributed by atoms with E-state index in [-0.39, 0.29) is 5.52 Å². The summed E-state index contributed by atoms with van der Waals surface area (Å²) in [5.74, 6) is -1.32. The van der Waals surface area contributed by atoms with Gasteiger partial charge in [0, 0.05) is 5.56 Å². The molecule has 0 aliphatic rings. The molecule has 0 atom stereocenters. The fraction of sp³-hybridized carbons (Fsp3) is 0.143. The van der Waals surface area contributed by atoms with Crippen molar-refractivity contribution >= 4 is 33.1 Å². The number of hydrogen-bond donors (Lipinski definition) is 1. The number of amides is 1. The molecule has 1 N–H and O–H groups in total. The molecule has 11 heteroatoms. The first-order valence-corrected chi connectivity index (χ1v) is 10.1. The van der Waals surface area contributed by atoms with Gasteiger partial charge in [-0.05, 0) is 43.3 Å². The maximum atomic E-state index is 13.3. The highest BCUT2D eigenvalue weighted by Crippen LogP contribution is 2.34. The monoisotopic (exact) mass is 462 g/mol. The number of aromatic nitrogens is 3. The molecule has 0 aliphatic heterocycles. The Labute approximate surface area is 182 Å². The van der Waals surface area contributed by atoms with Gasteiger partial charge in [-0.3, -0.25) is 9.59 Å². The van der Waals surface area contributed by atoms with Gasteiger partial charge in [0.25, 0.3) is 5.56 Å². The first-order valence-electron chi connectivity index (χ1n) is 9.24. The molecule has 4 rings (SSSR count). The molecule has 0 spiro atoms. The van der Waals surface area contributed by atoms with Gasteiger partial charge in [0.15, 0.2) is 5.52 Å². The summed E-state index contributed by atoms with van der Waals surface area (Å²) in [6.45, 7) is 1.06. The minimum atomic E-state index is -4.66. The van der Waals surface area contributed by atoms with Crippen LogP contribution in [0.25, 0.3) is 21.5 Å². The quantitative estimate of drug-likeness (QED) is 0.449. The van der Waals surface area contributed by atoms with E-state index < -0.39 is 41.3 Å². The van der Waals surface area contributed by atoms with E-state index in [2.05, 4.69) is 15.4 Å². The van der Waals surface area contributed by atoms with Crippen molar-refractivity contribution in [3.63, 3.8) is 0 Å². The molecule has 1 amide bonds. The Hall–Kier alpha value is -3.60. The summed E-state index contributed by atoms with van der Waals surface area (Å²) in [4.78, 5) is 29.5. The van der Waals surface area contributed by atoms with Crippen molar-refractivity contribution in [1.82, 2.24) is 14.8 Å². The number of para-hydroxylation sites is 1. The molecular weight excluding hydrogens is 448 g/mol. The number of benzene rings is 2. The average molecular weight is 462 g/mol. The number of nitrogens with zero attached hydrogens (tertiary/aromatic N) is 3. The summed E-state index contributed by atoms with van der Waals surface area (Å²) in [6.07, 6.45) is -4.66. The van der Waals surface area contributed by atoms with Crippen LogP contribution in [0.3, 0.4) is 0 Å². The number of thiazole rings is 1. The van der Waals surface area contributed by atoms with E-state index in [0.717, 1.165) is 16.8 Å². The van der Waals surface area contributed by atoms with Crippen molar-refractivity contribution in [2.24, 2.45) is 0 Å². The molecule has 6 nitrogen and oxygen atoms in total. The molecule has 0 saturated carbocycles. The fourth-order valence-corrected chi connectivity index (χ4v) is 4.05. The molecule has 164 valence electrons. The largest absolute Gasteiger partial charge is 0.418 e. The summed E-state index contributed by atoms with van der Waals surface area (Å²) < 4.78 is 54.2. The van der Waals surface area contributed by atoms with E-state index in [4.69, 9.17) is 0 Å². The van der Waals surface area contributed by atoms with Crippen molar-refractivity contribution in [1.29, 1.82) is 0 Å². The van der Waals surface area contributed by atoms with Gasteiger partial charge < -0.3 is 5.32 Å². The van der Waals surface area contributed by atoms with Crippen LogP contribution < -0.4 is 10.9 Å². The number of rotatable bonds is 4. The van der Waals surface area contributed by atoms with Crippen molar-refractivity contribution < 1.29 is 22.4 Å². The zero-order valence-corrected chi connectivity index (χ0v) is 17.2. The third-order valence-corrected chi connectivity index (χ3v) is 5.50. The van der Waals surface area contributed by atoms with Gasteiger partial charge >= 0.3 is 6.18 Å². The molecule has 0 unspecified atom stereocenters. The lowest BCUT2D eigenvalue weighted by molar-refractivity contribution is -0.137. The van der Waals surface area contributed by atoms with Crippen LogP contribution in [0, 0.1) is 12.7 Å². The molecule has 0 saturated heterocycles. The fourth-order valence-electron chi connectivity index (χ4n) is 3.14. The highest BCUT2D eigenvalue weighted by molar-refractivity contribution is 7.19. The Morgan fingerprint density at radius 3 is 2.50 bits per heavy atom. The second-order valence-corrected chi connectivity index (χ2v) is 8.02. The molecule has 32 heavy (non-hydrogen) atoms. The topological polar surface area (TPSA) is 76.9 Å². The zero-order chi connectivity index (χ0) is 23.0. The molecule has 4 aromatic rings. The summed E-state index contributed by atoms with van der Waals surface area (Å²) in [5, 5.41) is 7.01. The predicted molar refractivity (Wildman–Crippen MR) is 112 cm³/mol. The molecule has 0 bridgehead atoms. The minimum absolute atomic E-state index is 0.0744. The number of aryl methyl sites for hydroxylation is 1. The van der Waals surface area contributed by atoms with Crippen molar-refractivity contribution in [3.05, 3.63) is 75.3 Å². The van der Waals surface area contributed by atoms with Crippen LogP contribution >= 0.6 is 11.3 Å². The van der Waals surface area contributed by atoms with Crippen LogP contribution in [-0.2, 0) is 17.5 Å². The Morgan fingerprint density at radius 1 is 1.12 bits per heavy atom. The number of anilines is 1. The van der Waals surface area contributed by atoms with Gasteiger partial charge in [-0.15, -0.1) is 11.3 Å². The molecule has 0 radical (unpaired) electrons. The van der Waals surface area contributed by atoms with Crippen LogP contribution in [0.15, 0.2) is 53.3 Å². The smallest absolute Gasteiger partial charge is 0.324 e. The highest BCUT2D eigenvalue weighted by atomic mass is 32.1. The molecule has 0 fully saturated rings. The van der Waals surface area contributed by atoms with E-state index in [1.54, 1.807) is 6.92 Å². The third kappa shape index (κ3) is 4.24. The summed E-state index contributed by atoms with van der Waals surface area (Å²) >= 11 is 1.22. The van der Waals surface area contributed by atoms with Gasteiger partial charge in [-0.1, -0.05) is 12.1 Å². The summed E-state index contributed by atoms with van der Waals surface area (Å²) in [5.41, 5.74) is -1.21. The number of nitrogens with one attached hydrogen (secondary N) is 1. The number of carbonyl (C=O) groups excluding carboxylic acids is 1. The normalized spacial score (nSPS) is 11.7. The minimum Gasteiger partial charge on any atom is -0.324 e. The Kier molecular flexibility index (Phi) is 5.51. The predicted octanol–water partition coefficient (Wildman–Crippen LogP) is 4.63. The lowest BCUT2D eigenvalue weighted by atomic mass is 10.1. The second-order valence-electron chi connectivity index (χ2n) is 6.82. The van der Waals surface area contributed by atoms with E-state index >= 15 is 0 Å². The van der Waals surface area contributed by atoms with Gasteiger partial charge in [-0.25, -0.2) is 14.1 Å². The number of alkyl halides is 3. The van der Waals surface area contributed by atoms with Gasteiger partial charge in [0.2, 0.25) is 5.91 Å². The van der Waals surface area contributed by atoms with Crippen molar-refractivity contribution in [2.75, 3.05) is 5.32 Å². The lowest BCUT2D eigenvalue weighted by Crippen LogP contribution is -2.30. The van der Waals surface area contributed by atoms with Crippen molar-refractivity contribution in [3.8, 4) is 11.3 Å². The van der Waals surface area contributed by atoms with Crippen LogP contribution in [0.2, 0.25) is 0 Å². The number of fused-ring (bicyclic) bond motifs is 1. The molecular formula is C21H14F4N4O2S. The van der Waals surface area contributed by atoms with Crippen LogP contribution in [-0.4, -0.2) is 20.7 Å². The lowest BCUT2D eigenvalue weighted by Gasteiger charge is -2.14. The highest BCUT2D eigenvalue weighted by Gasteiger charge is 2.33. The molecule has 2 aromatic carbocycles. The zero-order valence-electron chi connectivity index (χ0n) is 16.4. The average Bonchev–Trinajstić information content (AvgIpc) is 3.12. The van der Waals surface area contributed by atoms with Gasteiger partial charge in [-0.2, -0.15) is 18.3 Å². The van der Waals surface area contributed by atoms with Crippen LogP contribution in [0.5, 0.6) is 0 Å². The molecule has 2 heterocycles. The van der Waals surface area contributed by atoms with E-state index in [1.807, 2.05) is 0 Å².